The second-order valence-electron chi connectivity index (χ2n) is 7.00. The average Bonchev–Trinajstić information content (AvgIpc) is 2.72. The van der Waals surface area contributed by atoms with Gasteiger partial charge in [-0.1, -0.05) is 48.6 Å². The first-order valence-corrected chi connectivity index (χ1v) is 9.48. The summed E-state index contributed by atoms with van der Waals surface area (Å²) in [5.74, 6) is -0.197. The Hall–Kier alpha value is -2.56. The first-order valence-electron chi connectivity index (χ1n) is 9.48. The van der Waals surface area contributed by atoms with Crippen molar-refractivity contribution in [1.82, 2.24) is 14.8 Å². The summed E-state index contributed by atoms with van der Waals surface area (Å²) in [6, 6.07) is 17.4. The lowest BCUT2D eigenvalue weighted by molar-refractivity contribution is 0.137. The standard InChI is InChI=1S/C23H24FN3/c24-22-11-10-20(23-21(22)9-4-12-25-23)18-27-16-14-26(15-17-27)13-5-8-19-6-2-1-3-7-19/h1-12H,13-18H2/b8-5+. The molecule has 0 N–H and O–H groups in total. The van der Waals surface area contributed by atoms with Crippen molar-refractivity contribution in [3.05, 3.63) is 83.8 Å². The van der Waals surface area contributed by atoms with Crippen LogP contribution in [-0.2, 0) is 6.54 Å². The maximum absolute atomic E-state index is 14.0. The van der Waals surface area contributed by atoms with Crippen molar-refractivity contribution in [2.75, 3.05) is 32.7 Å². The topological polar surface area (TPSA) is 19.4 Å². The lowest BCUT2D eigenvalue weighted by atomic mass is 10.1. The summed E-state index contributed by atoms with van der Waals surface area (Å²) in [4.78, 5) is 9.30. The van der Waals surface area contributed by atoms with Crippen molar-refractivity contribution in [3.63, 3.8) is 0 Å². The number of benzene rings is 2. The Morgan fingerprint density at radius 2 is 1.67 bits per heavy atom. The largest absolute Gasteiger partial charge is 0.297 e. The summed E-state index contributed by atoms with van der Waals surface area (Å²) in [6.07, 6.45) is 6.16. The van der Waals surface area contributed by atoms with Gasteiger partial charge in [0.1, 0.15) is 5.82 Å². The predicted octanol–water partition coefficient (Wildman–Crippen LogP) is 4.20. The van der Waals surface area contributed by atoms with Gasteiger partial charge in [-0.25, -0.2) is 4.39 Å². The number of nitrogens with zero attached hydrogens (tertiary/aromatic N) is 3. The molecule has 2 heterocycles. The Balaban J connectivity index is 1.32. The Kier molecular flexibility index (Phi) is 5.56. The molecular formula is C23H24FN3. The molecule has 1 aliphatic heterocycles. The van der Waals surface area contributed by atoms with E-state index in [2.05, 4.69) is 51.2 Å². The number of pyridine rings is 1. The Morgan fingerprint density at radius 3 is 2.48 bits per heavy atom. The molecule has 1 fully saturated rings. The molecule has 0 amide bonds. The average molecular weight is 361 g/mol. The van der Waals surface area contributed by atoms with Crippen molar-refractivity contribution >= 4 is 17.0 Å². The van der Waals surface area contributed by atoms with E-state index in [0.717, 1.165) is 50.3 Å². The zero-order valence-corrected chi connectivity index (χ0v) is 15.4. The van der Waals surface area contributed by atoms with Crippen molar-refractivity contribution in [2.24, 2.45) is 0 Å². The van der Waals surface area contributed by atoms with Gasteiger partial charge in [0.25, 0.3) is 0 Å². The molecule has 138 valence electrons. The smallest absolute Gasteiger partial charge is 0.132 e. The van der Waals surface area contributed by atoms with Crippen molar-refractivity contribution in [1.29, 1.82) is 0 Å². The van der Waals surface area contributed by atoms with Crippen molar-refractivity contribution in [3.8, 4) is 0 Å². The highest BCUT2D eigenvalue weighted by atomic mass is 19.1. The molecule has 0 unspecified atom stereocenters. The number of hydrogen-bond acceptors (Lipinski definition) is 3. The Bertz CT molecular complexity index is 915. The van der Waals surface area contributed by atoms with Crippen LogP contribution in [0, 0.1) is 5.82 Å². The fourth-order valence-electron chi connectivity index (χ4n) is 3.60. The third-order valence-electron chi connectivity index (χ3n) is 5.13. The molecule has 3 aromatic rings. The van der Waals surface area contributed by atoms with E-state index in [9.17, 15) is 4.39 Å². The second-order valence-corrected chi connectivity index (χ2v) is 7.00. The molecule has 0 radical (unpaired) electrons. The second kappa shape index (κ2) is 8.42. The van der Waals surface area contributed by atoms with E-state index in [-0.39, 0.29) is 5.82 Å². The quantitative estimate of drug-likeness (QED) is 0.679. The number of piperazine rings is 1. The van der Waals surface area contributed by atoms with Crippen molar-refractivity contribution < 1.29 is 4.39 Å². The SMILES string of the molecule is Fc1ccc(CN2CCN(C/C=C/c3ccccc3)CC2)c2ncccc12. The van der Waals surface area contributed by atoms with Crippen LogP contribution < -0.4 is 0 Å². The highest BCUT2D eigenvalue weighted by Gasteiger charge is 2.17. The van der Waals surface area contributed by atoms with Crippen LogP contribution >= 0.6 is 0 Å². The van der Waals surface area contributed by atoms with Crippen LogP contribution in [0.1, 0.15) is 11.1 Å². The third-order valence-corrected chi connectivity index (χ3v) is 5.13. The number of fused-ring (bicyclic) bond motifs is 1. The molecule has 1 aromatic heterocycles. The van der Waals surface area contributed by atoms with Gasteiger partial charge in [-0.2, -0.15) is 0 Å². The third kappa shape index (κ3) is 4.41. The van der Waals surface area contributed by atoms with E-state index >= 15 is 0 Å². The van der Waals surface area contributed by atoms with Gasteiger partial charge < -0.3 is 0 Å². The van der Waals surface area contributed by atoms with Gasteiger partial charge in [0, 0.05) is 50.9 Å². The van der Waals surface area contributed by atoms with E-state index in [1.54, 1.807) is 24.4 Å². The minimum atomic E-state index is -0.197. The van der Waals surface area contributed by atoms with E-state index in [1.165, 1.54) is 5.56 Å². The molecule has 0 spiro atoms. The molecule has 0 saturated carbocycles. The van der Waals surface area contributed by atoms with Crippen LogP contribution in [0.2, 0.25) is 0 Å². The monoisotopic (exact) mass is 361 g/mol. The molecule has 3 nitrogen and oxygen atoms in total. The van der Waals surface area contributed by atoms with E-state index in [0.29, 0.717) is 5.39 Å². The highest BCUT2D eigenvalue weighted by Crippen LogP contribution is 2.21. The molecule has 1 aliphatic rings. The molecule has 1 saturated heterocycles. The number of rotatable bonds is 5. The van der Waals surface area contributed by atoms with Gasteiger partial charge >= 0.3 is 0 Å². The van der Waals surface area contributed by atoms with Gasteiger partial charge in [-0.05, 0) is 29.3 Å². The lowest BCUT2D eigenvalue weighted by Gasteiger charge is -2.34. The molecule has 0 atom stereocenters. The summed E-state index contributed by atoms with van der Waals surface area (Å²) in [7, 11) is 0. The van der Waals surface area contributed by atoms with Crippen LogP contribution in [0.25, 0.3) is 17.0 Å². The Labute approximate surface area is 159 Å². The maximum atomic E-state index is 14.0. The van der Waals surface area contributed by atoms with E-state index in [4.69, 9.17) is 0 Å². The van der Waals surface area contributed by atoms with Gasteiger partial charge in [-0.15, -0.1) is 0 Å². The minimum absolute atomic E-state index is 0.197. The molecule has 0 bridgehead atoms. The highest BCUT2D eigenvalue weighted by molar-refractivity contribution is 5.82. The van der Waals surface area contributed by atoms with Gasteiger partial charge in [0.05, 0.1) is 5.52 Å². The zero-order valence-electron chi connectivity index (χ0n) is 15.4. The summed E-state index contributed by atoms with van der Waals surface area (Å²) in [5, 5.41) is 0.611. The minimum Gasteiger partial charge on any atom is -0.297 e. The number of halogens is 1. The van der Waals surface area contributed by atoms with Gasteiger partial charge in [0.15, 0.2) is 0 Å². The van der Waals surface area contributed by atoms with E-state index < -0.39 is 0 Å². The number of aromatic nitrogens is 1. The van der Waals surface area contributed by atoms with Crippen LogP contribution in [0.3, 0.4) is 0 Å². The zero-order chi connectivity index (χ0) is 18.5. The molecule has 2 aromatic carbocycles. The first-order chi connectivity index (χ1) is 13.3. The van der Waals surface area contributed by atoms with Crippen molar-refractivity contribution in [2.45, 2.75) is 6.54 Å². The normalized spacial score (nSPS) is 16.3. The predicted molar refractivity (Wildman–Crippen MR) is 109 cm³/mol. The van der Waals surface area contributed by atoms with E-state index in [1.807, 2.05) is 12.1 Å². The molecule has 27 heavy (non-hydrogen) atoms. The number of hydrogen-bond donors (Lipinski definition) is 0. The van der Waals surface area contributed by atoms with Gasteiger partial charge in [-0.3, -0.25) is 14.8 Å². The summed E-state index contributed by atoms with van der Waals surface area (Å²) < 4.78 is 14.0. The summed E-state index contributed by atoms with van der Waals surface area (Å²) >= 11 is 0. The summed E-state index contributed by atoms with van der Waals surface area (Å²) in [5.41, 5.74) is 3.13. The molecule has 0 aliphatic carbocycles. The van der Waals surface area contributed by atoms with Crippen LogP contribution in [0.15, 0.2) is 66.9 Å². The van der Waals surface area contributed by atoms with Crippen LogP contribution in [0.4, 0.5) is 4.39 Å². The fourth-order valence-corrected chi connectivity index (χ4v) is 3.60. The molecule has 4 rings (SSSR count). The Morgan fingerprint density at radius 1 is 0.889 bits per heavy atom. The van der Waals surface area contributed by atoms with Crippen LogP contribution in [-0.4, -0.2) is 47.5 Å². The first kappa shape index (κ1) is 17.8. The van der Waals surface area contributed by atoms with Gasteiger partial charge in [0.2, 0.25) is 0 Å². The lowest BCUT2D eigenvalue weighted by Crippen LogP contribution is -2.45. The van der Waals surface area contributed by atoms with Crippen LogP contribution in [0.5, 0.6) is 0 Å². The maximum Gasteiger partial charge on any atom is 0.132 e. The summed E-state index contributed by atoms with van der Waals surface area (Å²) in [6.45, 7) is 5.93. The molecule has 4 heteroatoms. The molecular weight excluding hydrogens is 337 g/mol. The fraction of sp³-hybridized carbons (Fsp3) is 0.261.